The molecule has 1 amide bonds. The van der Waals surface area contributed by atoms with Crippen molar-refractivity contribution in [1.29, 1.82) is 0 Å². The highest BCUT2D eigenvalue weighted by atomic mass is 35.5. The van der Waals surface area contributed by atoms with Crippen molar-refractivity contribution in [1.82, 2.24) is 20.3 Å². The van der Waals surface area contributed by atoms with Gasteiger partial charge >= 0.3 is 0 Å². The summed E-state index contributed by atoms with van der Waals surface area (Å²) in [5.74, 6) is 0.853. The summed E-state index contributed by atoms with van der Waals surface area (Å²) >= 11 is 6.35. The van der Waals surface area contributed by atoms with Crippen LogP contribution < -0.4 is 20.1 Å². The number of nitrogens with one attached hydrogen (secondary N) is 3. The monoisotopic (exact) mass is 477 g/mol. The van der Waals surface area contributed by atoms with E-state index in [1.54, 1.807) is 19.4 Å². The number of amides is 1. The molecule has 1 aromatic carbocycles. The lowest BCUT2D eigenvalue weighted by molar-refractivity contribution is 0.0947. The highest BCUT2D eigenvalue weighted by Crippen LogP contribution is 2.42. The summed E-state index contributed by atoms with van der Waals surface area (Å²) in [7, 11) is 1.56. The molecule has 3 N–H and O–H groups in total. The number of hydrogen-bond acceptors (Lipinski definition) is 6. The van der Waals surface area contributed by atoms with Gasteiger partial charge in [-0.1, -0.05) is 17.7 Å². The minimum Gasteiger partial charge on any atom is -0.493 e. The van der Waals surface area contributed by atoms with Crippen LogP contribution in [0.3, 0.4) is 0 Å². The summed E-state index contributed by atoms with van der Waals surface area (Å²) in [6, 6.07) is 11.0. The van der Waals surface area contributed by atoms with Gasteiger partial charge in [-0.2, -0.15) is 0 Å². The van der Waals surface area contributed by atoms with Gasteiger partial charge in [0.2, 0.25) is 5.88 Å². The summed E-state index contributed by atoms with van der Waals surface area (Å²) in [4.78, 5) is 25.6. The Labute approximate surface area is 201 Å². The fourth-order valence-corrected chi connectivity index (χ4v) is 4.42. The van der Waals surface area contributed by atoms with E-state index in [0.717, 1.165) is 22.5 Å². The second-order valence-electron chi connectivity index (χ2n) is 8.22. The topological polar surface area (TPSA) is 101 Å². The number of methoxy groups -OCH3 is 1. The number of aromatic nitrogens is 3. The molecule has 9 heteroatoms. The van der Waals surface area contributed by atoms with Crippen LogP contribution in [0.5, 0.6) is 11.6 Å². The number of carbonyl (C=O) groups excluding carboxylic acids is 1. The number of carbonyl (C=O) groups is 1. The van der Waals surface area contributed by atoms with Gasteiger partial charge in [0.1, 0.15) is 5.52 Å². The number of hydrogen-bond donors (Lipinski definition) is 3. The summed E-state index contributed by atoms with van der Waals surface area (Å²) < 4.78 is 11.3. The van der Waals surface area contributed by atoms with Crippen LogP contribution in [0.15, 0.2) is 42.6 Å². The number of benzene rings is 1. The maximum atomic E-state index is 12.9. The van der Waals surface area contributed by atoms with E-state index in [0.29, 0.717) is 52.1 Å². The minimum atomic E-state index is -0.151. The molecule has 0 saturated carbocycles. The van der Waals surface area contributed by atoms with E-state index in [1.165, 1.54) is 0 Å². The van der Waals surface area contributed by atoms with Crippen molar-refractivity contribution in [2.75, 3.05) is 19.0 Å². The van der Waals surface area contributed by atoms with E-state index in [4.69, 9.17) is 26.1 Å². The van der Waals surface area contributed by atoms with Crippen molar-refractivity contribution in [2.24, 2.45) is 0 Å². The molecule has 3 aromatic heterocycles. The quantitative estimate of drug-likeness (QED) is 0.357. The molecule has 1 aliphatic heterocycles. The van der Waals surface area contributed by atoms with Gasteiger partial charge in [0.25, 0.3) is 5.91 Å². The van der Waals surface area contributed by atoms with E-state index in [-0.39, 0.29) is 12.0 Å². The maximum Gasteiger partial charge on any atom is 0.255 e. The van der Waals surface area contributed by atoms with Gasteiger partial charge in [-0.15, -0.1) is 0 Å². The first-order chi connectivity index (χ1) is 16.5. The molecule has 1 aliphatic rings. The number of para-hydroxylation sites is 1. The van der Waals surface area contributed by atoms with Gasteiger partial charge in [0, 0.05) is 36.5 Å². The Morgan fingerprint density at radius 2 is 2.03 bits per heavy atom. The number of ether oxygens (including phenoxy) is 2. The number of pyridine rings is 2. The van der Waals surface area contributed by atoms with Crippen LogP contribution in [0.25, 0.3) is 22.3 Å². The molecule has 4 aromatic rings. The van der Waals surface area contributed by atoms with Crippen LogP contribution in [0.4, 0.5) is 11.4 Å². The van der Waals surface area contributed by atoms with Crippen LogP contribution in [-0.4, -0.2) is 40.6 Å². The smallest absolute Gasteiger partial charge is 0.255 e. The van der Waals surface area contributed by atoms with Crippen LogP contribution in [-0.2, 0) is 6.42 Å². The third-order valence-corrected chi connectivity index (χ3v) is 5.88. The Bertz CT molecular complexity index is 1400. The number of rotatable bonds is 6. The normalized spacial score (nSPS) is 13.0. The molecule has 0 spiro atoms. The number of fused-ring (bicyclic) bond motifs is 2. The van der Waals surface area contributed by atoms with E-state index >= 15 is 0 Å². The zero-order valence-corrected chi connectivity index (χ0v) is 19.8. The Morgan fingerprint density at radius 1 is 1.18 bits per heavy atom. The van der Waals surface area contributed by atoms with Crippen LogP contribution in [0.2, 0.25) is 5.02 Å². The fraction of sp³-hybridized carbons (Fsp3) is 0.240. The number of nitrogens with zero attached hydrogens (tertiary/aromatic N) is 2. The molecule has 174 valence electrons. The molecule has 4 heterocycles. The van der Waals surface area contributed by atoms with Crippen LogP contribution >= 0.6 is 11.6 Å². The van der Waals surface area contributed by atoms with E-state index < -0.39 is 0 Å². The lowest BCUT2D eigenvalue weighted by Gasteiger charge is -2.17. The first-order valence-corrected chi connectivity index (χ1v) is 11.4. The van der Waals surface area contributed by atoms with Crippen molar-refractivity contribution < 1.29 is 14.3 Å². The molecule has 0 radical (unpaired) electrons. The average Bonchev–Trinajstić information content (AvgIpc) is 3.18. The molecule has 34 heavy (non-hydrogen) atoms. The van der Waals surface area contributed by atoms with Gasteiger partial charge in [0.15, 0.2) is 5.75 Å². The molecule has 0 fully saturated rings. The van der Waals surface area contributed by atoms with Crippen molar-refractivity contribution >= 4 is 39.9 Å². The van der Waals surface area contributed by atoms with E-state index in [9.17, 15) is 4.79 Å². The number of H-pyrrole nitrogens is 1. The van der Waals surface area contributed by atoms with Gasteiger partial charge in [0.05, 0.1) is 46.4 Å². The van der Waals surface area contributed by atoms with Gasteiger partial charge in [-0.05, 0) is 38.1 Å². The Balaban J connectivity index is 1.72. The molecule has 8 nitrogen and oxygen atoms in total. The number of anilines is 2. The Hall–Kier alpha value is -3.78. The van der Waals surface area contributed by atoms with Gasteiger partial charge in [-0.3, -0.25) is 9.78 Å². The molecule has 0 aliphatic carbocycles. The zero-order valence-electron chi connectivity index (χ0n) is 19.0. The van der Waals surface area contributed by atoms with Crippen molar-refractivity contribution in [2.45, 2.75) is 26.4 Å². The second kappa shape index (κ2) is 8.87. The molecule has 0 unspecified atom stereocenters. The van der Waals surface area contributed by atoms with E-state index in [2.05, 4.69) is 20.6 Å². The standard InChI is InChI=1S/C25H24ClN5O3/c1-13(2)34-19-8-7-17-21(31-19)14(9-11-27-17)22-23(20-16(29-22)10-12-28-25(20)32)30-18-6-4-5-15(26)24(18)33-3/h4-9,11,13,29-30H,10,12H2,1-3H3,(H,28,32). The lowest BCUT2D eigenvalue weighted by atomic mass is 10.0. The van der Waals surface area contributed by atoms with Crippen molar-refractivity contribution in [3.63, 3.8) is 0 Å². The predicted molar refractivity (Wildman–Crippen MR) is 132 cm³/mol. The van der Waals surface area contributed by atoms with Gasteiger partial charge in [-0.25, -0.2) is 4.98 Å². The molecular formula is C25H24ClN5O3. The van der Waals surface area contributed by atoms with Crippen molar-refractivity contribution in [3.8, 4) is 22.9 Å². The maximum absolute atomic E-state index is 12.9. The van der Waals surface area contributed by atoms with Crippen LogP contribution in [0.1, 0.15) is 29.9 Å². The molecule has 5 rings (SSSR count). The number of aromatic amines is 1. The second-order valence-corrected chi connectivity index (χ2v) is 8.63. The molecular weight excluding hydrogens is 454 g/mol. The third-order valence-electron chi connectivity index (χ3n) is 5.58. The Morgan fingerprint density at radius 3 is 2.82 bits per heavy atom. The number of halogens is 1. The fourth-order valence-electron chi connectivity index (χ4n) is 4.17. The predicted octanol–water partition coefficient (Wildman–Crippen LogP) is 5.10. The first-order valence-electron chi connectivity index (χ1n) is 11.0. The molecule has 0 atom stereocenters. The SMILES string of the molecule is COc1c(Cl)cccc1Nc1c(-c2ccnc3ccc(OC(C)C)nc23)[nH]c2c1C(=O)NCC2. The van der Waals surface area contributed by atoms with Gasteiger partial charge < -0.3 is 25.1 Å². The van der Waals surface area contributed by atoms with E-state index in [1.807, 2.05) is 44.2 Å². The Kier molecular flexibility index (Phi) is 5.75. The summed E-state index contributed by atoms with van der Waals surface area (Å²) in [5.41, 5.74) is 5.58. The van der Waals surface area contributed by atoms with Crippen LogP contribution in [0, 0.1) is 0 Å². The summed E-state index contributed by atoms with van der Waals surface area (Å²) in [5, 5.41) is 6.80. The molecule has 0 saturated heterocycles. The van der Waals surface area contributed by atoms with Crippen molar-refractivity contribution in [3.05, 3.63) is 58.9 Å². The third kappa shape index (κ3) is 3.90. The molecule has 0 bridgehead atoms. The summed E-state index contributed by atoms with van der Waals surface area (Å²) in [6.45, 7) is 4.47. The zero-order chi connectivity index (χ0) is 23.8. The average molecular weight is 478 g/mol. The first kappa shape index (κ1) is 22.0. The largest absolute Gasteiger partial charge is 0.493 e. The summed E-state index contributed by atoms with van der Waals surface area (Å²) in [6.07, 6.45) is 2.39. The minimum absolute atomic E-state index is 0.0147. The highest BCUT2D eigenvalue weighted by molar-refractivity contribution is 6.32. The highest BCUT2D eigenvalue weighted by Gasteiger charge is 2.28. The lowest BCUT2D eigenvalue weighted by Crippen LogP contribution is -2.31.